The van der Waals surface area contributed by atoms with Crippen molar-refractivity contribution in [3.8, 4) is 11.8 Å². The molecule has 1 atom stereocenters. The Balaban J connectivity index is 0.00000196. The van der Waals surface area contributed by atoms with Crippen molar-refractivity contribution in [1.29, 1.82) is 5.26 Å². The Morgan fingerprint density at radius 1 is 1.60 bits per heavy atom. The van der Waals surface area contributed by atoms with Crippen molar-refractivity contribution < 1.29 is 5.11 Å². The number of halogens is 2. The van der Waals surface area contributed by atoms with Gasteiger partial charge in [-0.25, -0.2) is 0 Å². The van der Waals surface area contributed by atoms with Crippen LogP contribution in [0.3, 0.4) is 0 Å². The highest BCUT2D eigenvalue weighted by Crippen LogP contribution is 2.33. The zero-order valence-corrected chi connectivity index (χ0v) is 10.2. The van der Waals surface area contributed by atoms with Gasteiger partial charge in [0.2, 0.25) is 0 Å². The third kappa shape index (κ3) is 2.72. The van der Waals surface area contributed by atoms with Crippen molar-refractivity contribution in [2.75, 3.05) is 0 Å². The van der Waals surface area contributed by atoms with Gasteiger partial charge in [-0.05, 0) is 12.1 Å². The number of benzene rings is 1. The standard InChI is InChI=1S/C10H9BrN2O.ClH/c1-2-8(13)9-7(11)4-3-6(5-12)10(9)14;/h2-4,8,14H,1,13H2;1H/t8-;/m1./s1. The first-order valence-corrected chi connectivity index (χ1v) is 4.70. The summed E-state index contributed by atoms with van der Waals surface area (Å²) < 4.78 is 0.668. The van der Waals surface area contributed by atoms with Gasteiger partial charge in [0.25, 0.3) is 0 Å². The van der Waals surface area contributed by atoms with Gasteiger partial charge >= 0.3 is 0 Å². The largest absolute Gasteiger partial charge is 0.506 e. The maximum absolute atomic E-state index is 9.69. The molecular formula is C10H10BrClN2O. The van der Waals surface area contributed by atoms with Crippen LogP contribution in [-0.2, 0) is 0 Å². The van der Waals surface area contributed by atoms with Crippen molar-refractivity contribution in [3.63, 3.8) is 0 Å². The number of hydrogen-bond donors (Lipinski definition) is 2. The van der Waals surface area contributed by atoms with Crippen LogP contribution < -0.4 is 5.73 Å². The second kappa shape index (κ2) is 5.76. The maximum atomic E-state index is 9.69. The summed E-state index contributed by atoms with van der Waals surface area (Å²) >= 11 is 3.25. The van der Waals surface area contributed by atoms with Crippen molar-refractivity contribution >= 4 is 28.3 Å². The van der Waals surface area contributed by atoms with Gasteiger partial charge in [0.15, 0.2) is 0 Å². The molecule has 1 rings (SSSR count). The van der Waals surface area contributed by atoms with Crippen LogP contribution in [0.5, 0.6) is 5.75 Å². The number of hydrogen-bond acceptors (Lipinski definition) is 3. The van der Waals surface area contributed by atoms with E-state index in [0.29, 0.717) is 10.0 Å². The normalized spacial score (nSPS) is 11.0. The summed E-state index contributed by atoms with van der Waals surface area (Å²) in [5, 5.41) is 18.4. The van der Waals surface area contributed by atoms with Gasteiger partial charge in [-0.1, -0.05) is 22.0 Å². The molecule has 0 unspecified atom stereocenters. The molecule has 0 saturated heterocycles. The second-order valence-electron chi connectivity index (χ2n) is 2.73. The molecule has 0 bridgehead atoms. The fraction of sp³-hybridized carbons (Fsp3) is 0.100. The molecule has 0 spiro atoms. The first-order chi connectivity index (χ1) is 6.61. The molecule has 0 amide bonds. The Hall–Kier alpha value is -1.02. The summed E-state index contributed by atoms with van der Waals surface area (Å²) in [5.41, 5.74) is 6.40. The highest BCUT2D eigenvalue weighted by Gasteiger charge is 2.15. The average molecular weight is 290 g/mol. The highest BCUT2D eigenvalue weighted by atomic mass is 79.9. The van der Waals surface area contributed by atoms with E-state index in [1.807, 2.05) is 6.07 Å². The molecule has 5 heteroatoms. The Kier molecular flexibility index (Phi) is 5.37. The first kappa shape index (κ1) is 14.0. The molecule has 0 saturated carbocycles. The van der Waals surface area contributed by atoms with E-state index >= 15 is 0 Å². The molecule has 0 aromatic heterocycles. The number of nitrogens with zero attached hydrogens (tertiary/aromatic N) is 1. The van der Waals surface area contributed by atoms with Crippen LogP contribution >= 0.6 is 28.3 Å². The summed E-state index contributed by atoms with van der Waals surface area (Å²) in [6, 6.07) is 4.60. The van der Waals surface area contributed by atoms with E-state index in [0.717, 1.165) is 0 Å². The summed E-state index contributed by atoms with van der Waals surface area (Å²) in [7, 11) is 0. The fourth-order valence-corrected chi connectivity index (χ4v) is 1.69. The second-order valence-corrected chi connectivity index (χ2v) is 3.58. The topological polar surface area (TPSA) is 70.0 Å². The van der Waals surface area contributed by atoms with Crippen LogP contribution in [-0.4, -0.2) is 5.11 Å². The van der Waals surface area contributed by atoms with Crippen LogP contribution in [0.25, 0.3) is 0 Å². The summed E-state index contributed by atoms with van der Waals surface area (Å²) in [6.07, 6.45) is 1.50. The van der Waals surface area contributed by atoms with Crippen LogP contribution in [0.4, 0.5) is 0 Å². The van der Waals surface area contributed by atoms with Crippen LogP contribution in [0.1, 0.15) is 17.2 Å². The predicted octanol–water partition coefficient (Wildman–Crippen LogP) is 2.63. The summed E-state index contributed by atoms with van der Waals surface area (Å²) in [5.74, 6) is -0.0886. The Labute approximate surface area is 103 Å². The van der Waals surface area contributed by atoms with Gasteiger partial charge in [-0.2, -0.15) is 5.26 Å². The fourth-order valence-electron chi connectivity index (χ4n) is 1.11. The molecule has 0 aliphatic carbocycles. The number of nitriles is 1. The van der Waals surface area contributed by atoms with Crippen molar-refractivity contribution in [3.05, 3.63) is 40.4 Å². The number of nitrogens with two attached hydrogens (primary N) is 1. The van der Waals surface area contributed by atoms with Crippen LogP contribution in [0.2, 0.25) is 0 Å². The zero-order chi connectivity index (χ0) is 10.7. The van der Waals surface area contributed by atoms with E-state index in [1.54, 1.807) is 6.07 Å². The van der Waals surface area contributed by atoms with Gasteiger partial charge in [-0.3, -0.25) is 0 Å². The summed E-state index contributed by atoms with van der Waals surface area (Å²) in [4.78, 5) is 0. The lowest BCUT2D eigenvalue weighted by atomic mass is 10.0. The van der Waals surface area contributed by atoms with E-state index in [4.69, 9.17) is 11.0 Å². The molecule has 15 heavy (non-hydrogen) atoms. The molecule has 3 nitrogen and oxygen atoms in total. The highest BCUT2D eigenvalue weighted by molar-refractivity contribution is 9.10. The number of phenols is 1. The van der Waals surface area contributed by atoms with Gasteiger partial charge < -0.3 is 10.8 Å². The Morgan fingerprint density at radius 2 is 2.20 bits per heavy atom. The molecular weight excluding hydrogens is 279 g/mol. The van der Waals surface area contributed by atoms with Gasteiger partial charge in [-0.15, -0.1) is 19.0 Å². The minimum atomic E-state index is -0.488. The van der Waals surface area contributed by atoms with Crippen molar-refractivity contribution in [1.82, 2.24) is 0 Å². The zero-order valence-electron chi connectivity index (χ0n) is 7.77. The summed E-state index contributed by atoms with van der Waals surface area (Å²) in [6.45, 7) is 3.53. The molecule has 0 fully saturated rings. The minimum absolute atomic E-state index is 0. The Bertz CT molecular complexity index is 415. The SMILES string of the molecule is C=C[C@@H](N)c1c(Br)ccc(C#N)c1O.Cl. The maximum Gasteiger partial charge on any atom is 0.139 e. The number of phenolic OH excluding ortho intramolecular Hbond substituents is 1. The molecule has 3 N–H and O–H groups in total. The van der Waals surface area contributed by atoms with Crippen LogP contribution in [0.15, 0.2) is 29.3 Å². The van der Waals surface area contributed by atoms with E-state index in [-0.39, 0.29) is 23.7 Å². The molecule has 0 radical (unpaired) electrons. The van der Waals surface area contributed by atoms with Crippen LogP contribution in [0, 0.1) is 11.3 Å². The molecule has 0 aliphatic rings. The molecule has 1 aromatic rings. The molecule has 1 aromatic carbocycles. The molecule has 80 valence electrons. The van der Waals surface area contributed by atoms with E-state index < -0.39 is 6.04 Å². The van der Waals surface area contributed by atoms with Gasteiger partial charge in [0.1, 0.15) is 11.8 Å². The average Bonchev–Trinajstić information content (AvgIpc) is 2.18. The minimum Gasteiger partial charge on any atom is -0.506 e. The van der Waals surface area contributed by atoms with E-state index in [2.05, 4.69) is 22.5 Å². The smallest absolute Gasteiger partial charge is 0.139 e. The lowest BCUT2D eigenvalue weighted by Crippen LogP contribution is -2.08. The van der Waals surface area contributed by atoms with Gasteiger partial charge in [0, 0.05) is 10.0 Å². The lowest BCUT2D eigenvalue weighted by molar-refractivity contribution is 0.463. The monoisotopic (exact) mass is 288 g/mol. The van der Waals surface area contributed by atoms with E-state index in [9.17, 15) is 5.11 Å². The first-order valence-electron chi connectivity index (χ1n) is 3.91. The van der Waals surface area contributed by atoms with Crippen molar-refractivity contribution in [2.24, 2.45) is 5.73 Å². The number of aromatic hydroxyl groups is 1. The Morgan fingerprint density at radius 3 is 2.67 bits per heavy atom. The molecule has 0 aliphatic heterocycles. The third-order valence-electron chi connectivity index (χ3n) is 1.87. The predicted molar refractivity (Wildman–Crippen MR) is 64.9 cm³/mol. The van der Waals surface area contributed by atoms with Gasteiger partial charge in [0.05, 0.1) is 11.6 Å². The number of rotatable bonds is 2. The van der Waals surface area contributed by atoms with Crippen molar-refractivity contribution in [2.45, 2.75) is 6.04 Å². The third-order valence-corrected chi connectivity index (χ3v) is 2.56. The molecule has 0 heterocycles. The quantitative estimate of drug-likeness (QED) is 0.822. The van der Waals surface area contributed by atoms with E-state index in [1.165, 1.54) is 12.1 Å². The lowest BCUT2D eigenvalue weighted by Gasteiger charge is -2.12.